The molecule has 2 rings (SSSR count). The first-order valence-electron chi connectivity index (χ1n) is 3.19. The van der Waals surface area contributed by atoms with Crippen molar-refractivity contribution in [2.75, 3.05) is 0 Å². The van der Waals surface area contributed by atoms with Crippen LogP contribution in [-0.2, 0) is 0 Å². The minimum atomic E-state index is 0.567. The molecule has 0 radical (unpaired) electrons. The molecule has 0 aliphatic rings. The van der Waals surface area contributed by atoms with Crippen LogP contribution in [0.2, 0.25) is 0 Å². The summed E-state index contributed by atoms with van der Waals surface area (Å²) in [6.07, 6.45) is 3.33. The summed E-state index contributed by atoms with van der Waals surface area (Å²) in [6.45, 7) is 0. The second-order valence-corrected chi connectivity index (χ2v) is 3.44. The molecule has 0 fully saturated rings. The summed E-state index contributed by atoms with van der Waals surface area (Å²) in [5.41, 5.74) is 0. The first kappa shape index (κ1) is 7.51. The quantitative estimate of drug-likeness (QED) is 0.705. The SMILES string of the molecule is S=c1nc(-c2ncccn2)[nH]s1. The van der Waals surface area contributed by atoms with Gasteiger partial charge in [-0.2, -0.15) is 0 Å². The molecule has 0 bridgehead atoms. The second kappa shape index (κ2) is 3.08. The lowest BCUT2D eigenvalue weighted by Crippen LogP contribution is -1.87. The Kier molecular flexibility index (Phi) is 1.92. The lowest BCUT2D eigenvalue weighted by atomic mass is 10.5. The lowest BCUT2D eigenvalue weighted by molar-refractivity contribution is 1.12. The predicted molar refractivity (Wildman–Crippen MR) is 48.3 cm³/mol. The van der Waals surface area contributed by atoms with Crippen molar-refractivity contribution in [2.24, 2.45) is 0 Å². The molecule has 0 atom stereocenters. The molecule has 0 saturated heterocycles. The van der Waals surface area contributed by atoms with Crippen molar-refractivity contribution in [1.82, 2.24) is 19.3 Å². The molecule has 0 unspecified atom stereocenters. The van der Waals surface area contributed by atoms with Crippen LogP contribution in [0.15, 0.2) is 18.5 Å². The van der Waals surface area contributed by atoms with Crippen molar-refractivity contribution in [3.63, 3.8) is 0 Å². The minimum Gasteiger partial charge on any atom is -0.290 e. The Balaban J connectivity index is 2.51. The van der Waals surface area contributed by atoms with Gasteiger partial charge in [0.25, 0.3) is 0 Å². The van der Waals surface area contributed by atoms with Crippen molar-refractivity contribution in [3.8, 4) is 11.6 Å². The average Bonchev–Trinajstić information content (AvgIpc) is 2.54. The monoisotopic (exact) mass is 196 g/mol. The molecular weight excluding hydrogens is 192 g/mol. The number of nitrogens with one attached hydrogen (secondary N) is 1. The van der Waals surface area contributed by atoms with Crippen molar-refractivity contribution in [3.05, 3.63) is 22.4 Å². The first-order chi connectivity index (χ1) is 5.86. The Morgan fingerprint density at radius 3 is 2.67 bits per heavy atom. The highest BCUT2D eigenvalue weighted by molar-refractivity contribution is 7.73. The van der Waals surface area contributed by atoms with E-state index in [1.165, 1.54) is 11.5 Å². The zero-order chi connectivity index (χ0) is 8.39. The fourth-order valence-corrected chi connectivity index (χ4v) is 1.42. The van der Waals surface area contributed by atoms with E-state index >= 15 is 0 Å². The molecule has 0 amide bonds. The van der Waals surface area contributed by atoms with Crippen molar-refractivity contribution >= 4 is 23.8 Å². The molecule has 12 heavy (non-hydrogen) atoms. The summed E-state index contributed by atoms with van der Waals surface area (Å²) in [4.78, 5) is 12.1. The van der Waals surface area contributed by atoms with E-state index in [-0.39, 0.29) is 0 Å². The van der Waals surface area contributed by atoms with Crippen LogP contribution >= 0.6 is 23.8 Å². The highest BCUT2D eigenvalue weighted by atomic mass is 32.2. The summed E-state index contributed by atoms with van der Waals surface area (Å²) in [5, 5.41) is 0. The van der Waals surface area contributed by atoms with E-state index in [4.69, 9.17) is 12.2 Å². The van der Waals surface area contributed by atoms with E-state index in [2.05, 4.69) is 19.3 Å². The van der Waals surface area contributed by atoms with E-state index in [0.29, 0.717) is 15.6 Å². The van der Waals surface area contributed by atoms with Crippen LogP contribution in [0, 0.1) is 3.95 Å². The van der Waals surface area contributed by atoms with E-state index in [9.17, 15) is 0 Å². The summed E-state index contributed by atoms with van der Waals surface area (Å²) in [7, 11) is 0. The van der Waals surface area contributed by atoms with Crippen molar-refractivity contribution in [2.45, 2.75) is 0 Å². The van der Waals surface area contributed by atoms with Crippen LogP contribution < -0.4 is 0 Å². The fourth-order valence-electron chi connectivity index (χ4n) is 0.746. The number of H-pyrrole nitrogens is 1. The summed E-state index contributed by atoms with van der Waals surface area (Å²) in [5.74, 6) is 1.20. The van der Waals surface area contributed by atoms with Gasteiger partial charge >= 0.3 is 0 Å². The van der Waals surface area contributed by atoms with Gasteiger partial charge in [0.1, 0.15) is 0 Å². The maximum absolute atomic E-state index is 4.85. The molecule has 6 heteroatoms. The van der Waals surface area contributed by atoms with Crippen molar-refractivity contribution < 1.29 is 0 Å². The third-order valence-electron chi connectivity index (χ3n) is 1.22. The smallest absolute Gasteiger partial charge is 0.198 e. The van der Waals surface area contributed by atoms with E-state index in [1.807, 2.05) is 0 Å². The lowest BCUT2D eigenvalue weighted by Gasteiger charge is -1.89. The van der Waals surface area contributed by atoms with Gasteiger partial charge in [0.15, 0.2) is 15.6 Å². The van der Waals surface area contributed by atoms with Crippen LogP contribution in [-0.4, -0.2) is 19.3 Å². The molecule has 0 aliphatic heterocycles. The van der Waals surface area contributed by atoms with Crippen LogP contribution in [0.1, 0.15) is 0 Å². The minimum absolute atomic E-state index is 0.567. The first-order valence-corrected chi connectivity index (χ1v) is 4.41. The predicted octanol–water partition coefficient (Wildman–Crippen LogP) is 1.66. The Hall–Kier alpha value is -1.14. The maximum atomic E-state index is 4.85. The molecule has 60 valence electrons. The fraction of sp³-hybridized carbons (Fsp3) is 0. The number of rotatable bonds is 1. The zero-order valence-electron chi connectivity index (χ0n) is 5.89. The summed E-state index contributed by atoms with van der Waals surface area (Å²) >= 11 is 6.15. The largest absolute Gasteiger partial charge is 0.290 e. The number of hydrogen-bond acceptors (Lipinski definition) is 5. The normalized spacial score (nSPS) is 10.0. The molecule has 0 saturated carbocycles. The molecule has 1 N–H and O–H groups in total. The van der Waals surface area contributed by atoms with Crippen LogP contribution in [0.5, 0.6) is 0 Å². The topological polar surface area (TPSA) is 54.5 Å². The van der Waals surface area contributed by atoms with Gasteiger partial charge in [-0.15, -0.1) is 0 Å². The number of aromatic nitrogens is 4. The van der Waals surface area contributed by atoms with Gasteiger partial charge < -0.3 is 0 Å². The molecule has 0 aliphatic carbocycles. The third-order valence-corrected chi connectivity index (χ3v) is 2.12. The Labute approximate surface area is 77.5 Å². The summed E-state index contributed by atoms with van der Waals surface area (Å²) in [6, 6.07) is 1.75. The van der Waals surface area contributed by atoms with E-state index < -0.39 is 0 Å². The van der Waals surface area contributed by atoms with Gasteiger partial charge in [0, 0.05) is 12.4 Å². The maximum Gasteiger partial charge on any atom is 0.198 e. The van der Waals surface area contributed by atoms with E-state index in [0.717, 1.165) is 0 Å². The molecule has 0 aromatic carbocycles. The second-order valence-electron chi connectivity index (χ2n) is 2.00. The van der Waals surface area contributed by atoms with Gasteiger partial charge in [0.2, 0.25) is 0 Å². The average molecular weight is 196 g/mol. The molecular formula is C6H4N4S2. The van der Waals surface area contributed by atoms with Gasteiger partial charge in [-0.25, -0.2) is 15.0 Å². The Bertz CT molecular complexity index is 418. The van der Waals surface area contributed by atoms with Gasteiger partial charge in [0.05, 0.1) is 0 Å². The Morgan fingerprint density at radius 2 is 2.08 bits per heavy atom. The van der Waals surface area contributed by atoms with Crippen LogP contribution in [0.25, 0.3) is 11.6 Å². The van der Waals surface area contributed by atoms with E-state index in [1.54, 1.807) is 18.5 Å². The van der Waals surface area contributed by atoms with Gasteiger partial charge in [-0.1, -0.05) is 0 Å². The van der Waals surface area contributed by atoms with Gasteiger partial charge in [-0.05, 0) is 29.8 Å². The van der Waals surface area contributed by atoms with Gasteiger partial charge in [-0.3, -0.25) is 4.37 Å². The zero-order valence-corrected chi connectivity index (χ0v) is 7.52. The number of aromatic amines is 1. The molecule has 0 spiro atoms. The number of hydrogen-bond donors (Lipinski definition) is 1. The Morgan fingerprint density at radius 1 is 1.33 bits per heavy atom. The highest BCUT2D eigenvalue weighted by Crippen LogP contribution is 2.09. The van der Waals surface area contributed by atoms with Crippen LogP contribution in [0.4, 0.5) is 0 Å². The highest BCUT2D eigenvalue weighted by Gasteiger charge is 2.01. The molecule has 4 nitrogen and oxygen atoms in total. The molecule has 2 aromatic heterocycles. The van der Waals surface area contributed by atoms with Crippen molar-refractivity contribution in [1.29, 1.82) is 0 Å². The third kappa shape index (κ3) is 1.39. The summed E-state index contributed by atoms with van der Waals surface area (Å²) < 4.78 is 3.49. The standard InChI is InChI=1S/C6H4N4S2/c11-6-9-5(10-12-6)4-7-2-1-3-8-4/h1-3H,(H,9,10,11). The molecule has 2 heterocycles. The van der Waals surface area contributed by atoms with Crippen LogP contribution in [0.3, 0.4) is 0 Å². The molecule has 2 aromatic rings. The number of nitrogens with zero attached hydrogens (tertiary/aromatic N) is 3.